The lowest BCUT2D eigenvalue weighted by Gasteiger charge is -2.11. The first-order chi connectivity index (χ1) is 10.0. The molecule has 2 rings (SSSR count). The molecule has 0 aromatic heterocycles. The van der Waals surface area contributed by atoms with Gasteiger partial charge in [-0.15, -0.1) is 0 Å². The number of benzene rings is 2. The summed E-state index contributed by atoms with van der Waals surface area (Å²) in [6.07, 6.45) is 0.118. The molecule has 0 saturated carbocycles. The van der Waals surface area contributed by atoms with Crippen LogP contribution in [0.3, 0.4) is 0 Å². The fourth-order valence-electron chi connectivity index (χ4n) is 2.13. The Kier molecular flexibility index (Phi) is 4.58. The van der Waals surface area contributed by atoms with E-state index in [2.05, 4.69) is 0 Å². The number of hydrogen-bond donors (Lipinski definition) is 0. The highest BCUT2D eigenvalue weighted by atomic mass is 19.1. The van der Waals surface area contributed by atoms with Crippen LogP contribution in [0.5, 0.6) is 11.5 Å². The van der Waals surface area contributed by atoms with Crippen LogP contribution in [0.2, 0.25) is 0 Å². The van der Waals surface area contributed by atoms with Gasteiger partial charge in [0.15, 0.2) is 5.78 Å². The highest BCUT2D eigenvalue weighted by molar-refractivity contribution is 6.00. The monoisotopic (exact) mass is 288 g/mol. The van der Waals surface area contributed by atoms with E-state index >= 15 is 0 Å². The van der Waals surface area contributed by atoms with E-state index in [1.54, 1.807) is 24.3 Å². The summed E-state index contributed by atoms with van der Waals surface area (Å²) in [5, 5.41) is 0. The topological polar surface area (TPSA) is 35.5 Å². The molecule has 21 heavy (non-hydrogen) atoms. The third-order valence-corrected chi connectivity index (χ3v) is 3.37. The largest absolute Gasteiger partial charge is 0.497 e. The van der Waals surface area contributed by atoms with Crippen LogP contribution < -0.4 is 9.47 Å². The molecule has 0 amide bonds. The zero-order valence-electron chi connectivity index (χ0n) is 12.3. The maximum absolute atomic E-state index is 13.3. The van der Waals surface area contributed by atoms with Gasteiger partial charge < -0.3 is 9.47 Å². The molecule has 3 nitrogen and oxygen atoms in total. The molecule has 4 heteroatoms. The van der Waals surface area contributed by atoms with E-state index in [-0.39, 0.29) is 18.0 Å². The van der Waals surface area contributed by atoms with Gasteiger partial charge in [-0.25, -0.2) is 4.39 Å². The lowest BCUT2D eigenvalue weighted by molar-refractivity contribution is 0.0989. The summed E-state index contributed by atoms with van der Waals surface area (Å²) < 4.78 is 23.6. The molecular weight excluding hydrogens is 271 g/mol. The summed E-state index contributed by atoms with van der Waals surface area (Å²) in [7, 11) is 3.04. The molecule has 0 radical (unpaired) electrons. The number of methoxy groups -OCH3 is 2. The van der Waals surface area contributed by atoms with Crippen LogP contribution in [0.4, 0.5) is 4.39 Å². The number of Topliss-reactive ketones (excluding diaryl/α,β-unsaturated/α-hetero) is 1. The van der Waals surface area contributed by atoms with Gasteiger partial charge in [-0.2, -0.15) is 0 Å². The van der Waals surface area contributed by atoms with Crippen molar-refractivity contribution in [1.29, 1.82) is 0 Å². The number of ketones is 1. The van der Waals surface area contributed by atoms with Crippen molar-refractivity contribution in [3.63, 3.8) is 0 Å². The number of carbonyl (C=O) groups excluding carboxylic acids is 1. The van der Waals surface area contributed by atoms with Gasteiger partial charge in [0.2, 0.25) is 0 Å². The zero-order valence-corrected chi connectivity index (χ0v) is 12.3. The minimum atomic E-state index is -0.346. The third-order valence-electron chi connectivity index (χ3n) is 3.37. The maximum atomic E-state index is 13.3. The van der Waals surface area contributed by atoms with Gasteiger partial charge in [-0.3, -0.25) is 4.79 Å². The highest BCUT2D eigenvalue weighted by Crippen LogP contribution is 2.26. The predicted octanol–water partition coefficient (Wildman–Crippen LogP) is 3.58. The average Bonchev–Trinajstić information content (AvgIpc) is 2.50. The first kappa shape index (κ1) is 15.0. The van der Waals surface area contributed by atoms with E-state index in [9.17, 15) is 9.18 Å². The molecule has 0 aliphatic carbocycles. The van der Waals surface area contributed by atoms with Crippen molar-refractivity contribution in [1.82, 2.24) is 0 Å². The van der Waals surface area contributed by atoms with Crippen LogP contribution >= 0.6 is 0 Å². The molecule has 0 aliphatic heterocycles. The standard InChI is InChI=1S/C17H17FO3/c1-11-4-5-13(18)8-12(11)9-16(19)15-10-14(20-2)6-7-17(15)21-3/h4-8,10H,9H2,1-3H3. The van der Waals surface area contributed by atoms with Crippen molar-refractivity contribution in [3.05, 3.63) is 58.9 Å². The molecule has 0 atom stereocenters. The van der Waals surface area contributed by atoms with Crippen molar-refractivity contribution >= 4 is 5.78 Å². The van der Waals surface area contributed by atoms with Crippen molar-refractivity contribution in [2.75, 3.05) is 14.2 Å². The number of carbonyl (C=O) groups is 1. The molecule has 0 fully saturated rings. The van der Waals surface area contributed by atoms with E-state index in [1.807, 2.05) is 6.92 Å². The van der Waals surface area contributed by atoms with Gasteiger partial charge in [0, 0.05) is 6.42 Å². The van der Waals surface area contributed by atoms with Crippen molar-refractivity contribution in [2.24, 2.45) is 0 Å². The first-order valence-corrected chi connectivity index (χ1v) is 6.55. The van der Waals surface area contributed by atoms with Gasteiger partial charge in [0.1, 0.15) is 17.3 Å². The normalized spacial score (nSPS) is 10.3. The van der Waals surface area contributed by atoms with E-state index in [0.717, 1.165) is 5.56 Å². The van der Waals surface area contributed by atoms with Gasteiger partial charge in [0.05, 0.1) is 19.8 Å². The molecule has 110 valence electrons. The summed E-state index contributed by atoms with van der Waals surface area (Å²) >= 11 is 0. The molecular formula is C17H17FO3. The first-order valence-electron chi connectivity index (χ1n) is 6.55. The highest BCUT2D eigenvalue weighted by Gasteiger charge is 2.15. The van der Waals surface area contributed by atoms with E-state index in [0.29, 0.717) is 22.6 Å². The van der Waals surface area contributed by atoms with E-state index in [4.69, 9.17) is 9.47 Å². The Labute approximate surface area is 123 Å². The smallest absolute Gasteiger partial charge is 0.171 e. The van der Waals surface area contributed by atoms with Crippen molar-refractivity contribution < 1.29 is 18.7 Å². The molecule has 0 bridgehead atoms. The van der Waals surface area contributed by atoms with Crippen LogP contribution in [-0.4, -0.2) is 20.0 Å². The Morgan fingerprint density at radius 2 is 1.86 bits per heavy atom. The Hall–Kier alpha value is -2.36. The Balaban J connectivity index is 2.33. The second-order valence-electron chi connectivity index (χ2n) is 4.74. The SMILES string of the molecule is COc1ccc(OC)c(C(=O)Cc2cc(F)ccc2C)c1. The van der Waals surface area contributed by atoms with E-state index < -0.39 is 0 Å². The quantitative estimate of drug-likeness (QED) is 0.789. The molecule has 0 heterocycles. The fraction of sp³-hybridized carbons (Fsp3) is 0.235. The second kappa shape index (κ2) is 6.39. The van der Waals surface area contributed by atoms with Gasteiger partial charge in [-0.1, -0.05) is 6.07 Å². The minimum absolute atomic E-state index is 0.118. The number of hydrogen-bond acceptors (Lipinski definition) is 3. The molecule has 2 aromatic rings. The maximum Gasteiger partial charge on any atom is 0.171 e. The zero-order chi connectivity index (χ0) is 15.4. The number of rotatable bonds is 5. The average molecular weight is 288 g/mol. The van der Waals surface area contributed by atoms with Crippen molar-refractivity contribution in [3.8, 4) is 11.5 Å². The Bertz CT molecular complexity index is 665. The fourth-order valence-corrected chi connectivity index (χ4v) is 2.13. The Morgan fingerprint density at radius 3 is 2.52 bits per heavy atom. The second-order valence-corrected chi connectivity index (χ2v) is 4.74. The molecule has 0 N–H and O–H groups in total. The van der Waals surface area contributed by atoms with Gasteiger partial charge >= 0.3 is 0 Å². The van der Waals surface area contributed by atoms with E-state index in [1.165, 1.54) is 26.4 Å². The molecule has 0 spiro atoms. The number of halogens is 1. The van der Waals surface area contributed by atoms with Crippen LogP contribution in [0.1, 0.15) is 21.5 Å². The summed E-state index contributed by atoms with van der Waals surface area (Å²) in [5.41, 5.74) is 1.98. The summed E-state index contributed by atoms with van der Waals surface area (Å²) in [4.78, 5) is 12.5. The van der Waals surface area contributed by atoms with Gasteiger partial charge in [0.25, 0.3) is 0 Å². The van der Waals surface area contributed by atoms with Crippen LogP contribution in [0.15, 0.2) is 36.4 Å². The molecule has 0 aliphatic rings. The minimum Gasteiger partial charge on any atom is -0.497 e. The van der Waals surface area contributed by atoms with Crippen molar-refractivity contribution in [2.45, 2.75) is 13.3 Å². The lowest BCUT2D eigenvalue weighted by atomic mass is 9.98. The summed E-state index contributed by atoms with van der Waals surface area (Å²) in [6.45, 7) is 1.85. The Morgan fingerprint density at radius 1 is 1.10 bits per heavy atom. The number of aryl methyl sites for hydroxylation is 1. The predicted molar refractivity (Wildman–Crippen MR) is 78.7 cm³/mol. The van der Waals surface area contributed by atoms with Crippen LogP contribution in [0.25, 0.3) is 0 Å². The molecule has 0 saturated heterocycles. The third kappa shape index (κ3) is 3.40. The lowest BCUT2D eigenvalue weighted by Crippen LogP contribution is -2.07. The summed E-state index contributed by atoms with van der Waals surface area (Å²) in [6, 6.07) is 9.49. The summed E-state index contributed by atoms with van der Waals surface area (Å²) in [5.74, 6) is 0.574. The van der Waals surface area contributed by atoms with Crippen LogP contribution in [-0.2, 0) is 6.42 Å². The molecule has 0 unspecified atom stereocenters. The number of ether oxygens (including phenoxy) is 2. The van der Waals surface area contributed by atoms with Crippen LogP contribution in [0, 0.1) is 12.7 Å². The molecule has 2 aromatic carbocycles. The van der Waals surface area contributed by atoms with Gasteiger partial charge in [-0.05, 0) is 48.4 Å².